The van der Waals surface area contributed by atoms with Gasteiger partial charge in [0.05, 0.1) is 26.4 Å². The SMILES string of the molecule is CCN(CCOCCO)CC(=O)N(CC)C1CC1. The molecule has 1 amide bonds. The molecule has 0 heterocycles. The van der Waals surface area contributed by atoms with Gasteiger partial charge in [-0.3, -0.25) is 9.69 Å². The second-order valence-electron chi connectivity index (χ2n) is 4.62. The highest BCUT2D eigenvalue weighted by Gasteiger charge is 2.31. The molecule has 0 saturated heterocycles. The van der Waals surface area contributed by atoms with E-state index in [0.717, 1.165) is 32.5 Å². The molecular weight excluding hydrogens is 232 g/mol. The van der Waals surface area contributed by atoms with Gasteiger partial charge in [0.25, 0.3) is 0 Å². The third kappa shape index (κ3) is 5.33. The van der Waals surface area contributed by atoms with Gasteiger partial charge in [0.2, 0.25) is 5.91 Å². The molecule has 5 nitrogen and oxygen atoms in total. The van der Waals surface area contributed by atoms with Crippen LogP contribution in [0.25, 0.3) is 0 Å². The number of rotatable bonds is 10. The first-order chi connectivity index (χ1) is 8.72. The Balaban J connectivity index is 2.25. The zero-order valence-electron chi connectivity index (χ0n) is 11.6. The van der Waals surface area contributed by atoms with Gasteiger partial charge in [0, 0.05) is 19.1 Å². The number of carbonyl (C=O) groups excluding carboxylic acids is 1. The number of nitrogens with zero attached hydrogens (tertiary/aromatic N) is 2. The Bertz CT molecular complexity index is 244. The van der Waals surface area contributed by atoms with E-state index in [1.165, 1.54) is 0 Å². The molecule has 1 saturated carbocycles. The van der Waals surface area contributed by atoms with Crippen LogP contribution in [0.3, 0.4) is 0 Å². The van der Waals surface area contributed by atoms with Crippen molar-refractivity contribution in [2.24, 2.45) is 0 Å². The fraction of sp³-hybridized carbons (Fsp3) is 0.923. The number of amides is 1. The first-order valence-corrected chi connectivity index (χ1v) is 6.93. The normalized spacial score (nSPS) is 15.1. The Morgan fingerprint density at radius 1 is 1.28 bits per heavy atom. The minimum Gasteiger partial charge on any atom is -0.394 e. The molecule has 0 bridgehead atoms. The molecule has 0 unspecified atom stereocenters. The Kier molecular flexibility index (Phi) is 7.23. The second-order valence-corrected chi connectivity index (χ2v) is 4.62. The predicted octanol–water partition coefficient (Wildman–Crippen LogP) is 0.328. The zero-order chi connectivity index (χ0) is 13.4. The van der Waals surface area contributed by atoms with E-state index in [1.807, 2.05) is 18.7 Å². The van der Waals surface area contributed by atoms with Gasteiger partial charge in [0.1, 0.15) is 0 Å². The Morgan fingerprint density at radius 2 is 2.00 bits per heavy atom. The lowest BCUT2D eigenvalue weighted by atomic mass is 10.4. The average molecular weight is 258 g/mol. The summed E-state index contributed by atoms with van der Waals surface area (Å²) in [6.07, 6.45) is 2.32. The fourth-order valence-corrected chi connectivity index (χ4v) is 2.02. The number of likely N-dealkylation sites (N-methyl/N-ethyl adjacent to an activating group) is 2. The molecule has 0 aromatic carbocycles. The van der Waals surface area contributed by atoms with E-state index in [-0.39, 0.29) is 12.5 Å². The van der Waals surface area contributed by atoms with Crippen LogP contribution in [-0.4, -0.2) is 72.9 Å². The van der Waals surface area contributed by atoms with Crippen molar-refractivity contribution in [2.45, 2.75) is 32.7 Å². The first kappa shape index (κ1) is 15.4. The summed E-state index contributed by atoms with van der Waals surface area (Å²) in [5, 5.41) is 8.61. The summed E-state index contributed by atoms with van der Waals surface area (Å²) in [5.74, 6) is 0.226. The van der Waals surface area contributed by atoms with E-state index in [9.17, 15) is 4.79 Å². The second kappa shape index (κ2) is 8.45. The van der Waals surface area contributed by atoms with E-state index in [1.54, 1.807) is 0 Å². The van der Waals surface area contributed by atoms with E-state index in [4.69, 9.17) is 9.84 Å². The van der Waals surface area contributed by atoms with Crippen LogP contribution < -0.4 is 0 Å². The summed E-state index contributed by atoms with van der Waals surface area (Å²) in [4.78, 5) is 16.2. The topological polar surface area (TPSA) is 53.0 Å². The van der Waals surface area contributed by atoms with Crippen molar-refractivity contribution in [1.29, 1.82) is 0 Å². The maximum absolute atomic E-state index is 12.1. The van der Waals surface area contributed by atoms with Crippen molar-refractivity contribution in [1.82, 2.24) is 9.80 Å². The molecule has 1 N–H and O–H groups in total. The van der Waals surface area contributed by atoms with Crippen LogP contribution in [-0.2, 0) is 9.53 Å². The third-order valence-electron chi connectivity index (χ3n) is 3.24. The molecule has 0 aliphatic heterocycles. The lowest BCUT2D eigenvalue weighted by molar-refractivity contribution is -0.132. The van der Waals surface area contributed by atoms with Gasteiger partial charge in [-0.15, -0.1) is 0 Å². The molecule has 0 radical (unpaired) electrons. The number of aliphatic hydroxyl groups excluding tert-OH is 1. The van der Waals surface area contributed by atoms with E-state index >= 15 is 0 Å². The molecule has 1 fully saturated rings. The molecule has 0 aromatic heterocycles. The minimum absolute atomic E-state index is 0.0519. The first-order valence-electron chi connectivity index (χ1n) is 6.93. The Hall–Kier alpha value is -0.650. The fourth-order valence-electron chi connectivity index (χ4n) is 2.02. The molecule has 0 spiro atoms. The molecular formula is C13H26N2O3. The number of aliphatic hydroxyl groups is 1. The Morgan fingerprint density at radius 3 is 2.50 bits per heavy atom. The van der Waals surface area contributed by atoms with Crippen molar-refractivity contribution in [3.63, 3.8) is 0 Å². The van der Waals surface area contributed by atoms with Crippen molar-refractivity contribution < 1.29 is 14.6 Å². The van der Waals surface area contributed by atoms with Crippen LogP contribution in [0, 0.1) is 0 Å². The highest BCUT2D eigenvalue weighted by atomic mass is 16.5. The number of ether oxygens (including phenoxy) is 1. The van der Waals surface area contributed by atoms with Crippen LogP contribution >= 0.6 is 0 Å². The lowest BCUT2D eigenvalue weighted by Gasteiger charge is -2.25. The number of carbonyl (C=O) groups is 1. The van der Waals surface area contributed by atoms with Crippen LogP contribution in [0.1, 0.15) is 26.7 Å². The molecule has 0 aromatic rings. The highest BCUT2D eigenvalue weighted by Crippen LogP contribution is 2.26. The minimum atomic E-state index is 0.0519. The van der Waals surface area contributed by atoms with E-state index in [0.29, 0.717) is 25.8 Å². The highest BCUT2D eigenvalue weighted by molar-refractivity contribution is 5.78. The lowest BCUT2D eigenvalue weighted by Crippen LogP contribution is -2.42. The van der Waals surface area contributed by atoms with Gasteiger partial charge in [-0.25, -0.2) is 0 Å². The number of hydrogen-bond acceptors (Lipinski definition) is 4. The Labute approximate surface area is 110 Å². The zero-order valence-corrected chi connectivity index (χ0v) is 11.6. The summed E-state index contributed by atoms with van der Waals surface area (Å²) in [5.41, 5.74) is 0. The van der Waals surface area contributed by atoms with Crippen molar-refractivity contribution in [2.75, 3.05) is 46.0 Å². The molecule has 18 heavy (non-hydrogen) atoms. The van der Waals surface area contributed by atoms with Crippen LogP contribution in [0.2, 0.25) is 0 Å². The van der Waals surface area contributed by atoms with Gasteiger partial charge >= 0.3 is 0 Å². The average Bonchev–Trinajstić information content (AvgIpc) is 3.18. The van der Waals surface area contributed by atoms with Gasteiger partial charge in [-0.1, -0.05) is 6.92 Å². The van der Waals surface area contributed by atoms with Gasteiger partial charge in [0.15, 0.2) is 0 Å². The molecule has 106 valence electrons. The van der Waals surface area contributed by atoms with Gasteiger partial charge in [-0.2, -0.15) is 0 Å². The molecule has 5 heteroatoms. The van der Waals surface area contributed by atoms with Crippen molar-refractivity contribution in [3.05, 3.63) is 0 Å². The standard InChI is InChI=1S/C13H26N2O3/c1-3-14(7-9-18-10-8-16)11-13(17)15(4-2)12-5-6-12/h12,16H,3-11H2,1-2H3. The summed E-state index contributed by atoms with van der Waals surface area (Å²) in [7, 11) is 0. The van der Waals surface area contributed by atoms with E-state index in [2.05, 4.69) is 4.90 Å². The maximum atomic E-state index is 12.1. The predicted molar refractivity (Wildman–Crippen MR) is 70.4 cm³/mol. The smallest absolute Gasteiger partial charge is 0.236 e. The summed E-state index contributed by atoms with van der Waals surface area (Å²) < 4.78 is 5.23. The third-order valence-corrected chi connectivity index (χ3v) is 3.24. The van der Waals surface area contributed by atoms with Crippen molar-refractivity contribution >= 4 is 5.91 Å². The monoisotopic (exact) mass is 258 g/mol. The van der Waals surface area contributed by atoms with E-state index < -0.39 is 0 Å². The quantitative estimate of drug-likeness (QED) is 0.574. The maximum Gasteiger partial charge on any atom is 0.236 e. The van der Waals surface area contributed by atoms with Crippen LogP contribution in [0.4, 0.5) is 0 Å². The number of hydrogen-bond donors (Lipinski definition) is 1. The molecule has 1 aliphatic carbocycles. The largest absolute Gasteiger partial charge is 0.394 e. The summed E-state index contributed by atoms with van der Waals surface area (Å²) in [6, 6.07) is 0.492. The molecule has 1 rings (SSSR count). The van der Waals surface area contributed by atoms with Gasteiger partial charge < -0.3 is 14.7 Å². The summed E-state index contributed by atoms with van der Waals surface area (Å²) in [6.45, 7) is 7.94. The molecule has 0 atom stereocenters. The van der Waals surface area contributed by atoms with Crippen LogP contribution in [0.5, 0.6) is 0 Å². The summed E-state index contributed by atoms with van der Waals surface area (Å²) >= 11 is 0. The van der Waals surface area contributed by atoms with Crippen LogP contribution in [0.15, 0.2) is 0 Å². The molecule has 1 aliphatic rings. The van der Waals surface area contributed by atoms with Crippen molar-refractivity contribution in [3.8, 4) is 0 Å². The van der Waals surface area contributed by atoms with Gasteiger partial charge in [-0.05, 0) is 26.3 Å².